The average molecular weight is 294 g/mol. The van der Waals surface area contributed by atoms with Gasteiger partial charge in [-0.05, 0) is 12.1 Å². The Hall–Kier alpha value is -1.25. The fraction of sp³-hybridized carbons (Fsp3) is 0. The maximum Gasteiger partial charge on any atom is 0.273 e. The highest BCUT2D eigenvalue weighted by molar-refractivity contribution is 7.94. The first-order valence-corrected chi connectivity index (χ1v) is 6.91. The zero-order valence-corrected chi connectivity index (χ0v) is 10.5. The molecule has 0 bridgehead atoms. The highest BCUT2D eigenvalue weighted by Crippen LogP contribution is 2.24. The zero-order chi connectivity index (χ0) is 12.5. The van der Waals surface area contributed by atoms with Crippen LogP contribution in [0.3, 0.4) is 0 Å². The fourth-order valence-electron chi connectivity index (χ4n) is 1.01. The van der Waals surface area contributed by atoms with Gasteiger partial charge in [-0.2, -0.15) is 4.39 Å². The third-order valence-corrected chi connectivity index (χ3v) is 4.66. The molecule has 0 amide bonds. The summed E-state index contributed by atoms with van der Waals surface area (Å²) in [6.45, 7) is 0. The van der Waals surface area contributed by atoms with E-state index in [1.54, 1.807) is 0 Å². The van der Waals surface area contributed by atoms with Crippen LogP contribution in [0.1, 0.15) is 0 Å². The van der Waals surface area contributed by atoms with Gasteiger partial charge >= 0.3 is 0 Å². The molecular weight excluding hydrogens is 289 g/mol. The van der Waals surface area contributed by atoms with Crippen molar-refractivity contribution >= 4 is 38.6 Å². The summed E-state index contributed by atoms with van der Waals surface area (Å²) in [5.41, 5.74) is 0.163. The summed E-state index contributed by atoms with van der Waals surface area (Å²) in [5, 5.41) is 0. The molecule has 0 fully saturated rings. The maximum absolute atomic E-state index is 12.5. The molecule has 9 heteroatoms. The number of halogens is 2. The molecule has 2 aromatic rings. The topological polar surface area (TPSA) is 72.0 Å². The number of rotatable bonds is 3. The summed E-state index contributed by atoms with van der Waals surface area (Å²) in [6, 6.07) is 2.32. The van der Waals surface area contributed by atoms with Crippen molar-refractivity contribution in [3.8, 4) is 0 Å². The zero-order valence-electron chi connectivity index (χ0n) is 8.09. The number of hydrogen-bond donors (Lipinski definition) is 1. The smallest absolute Gasteiger partial charge is 0.273 e. The minimum Gasteiger partial charge on any atom is -0.277 e. The van der Waals surface area contributed by atoms with Crippen LogP contribution in [0.2, 0.25) is 4.47 Å². The van der Waals surface area contributed by atoms with Crippen molar-refractivity contribution in [1.29, 1.82) is 0 Å². The van der Waals surface area contributed by atoms with Gasteiger partial charge in [0.1, 0.15) is 0 Å². The van der Waals surface area contributed by atoms with Crippen LogP contribution >= 0.6 is 22.9 Å². The van der Waals surface area contributed by atoms with Crippen molar-refractivity contribution in [1.82, 2.24) is 9.97 Å². The van der Waals surface area contributed by atoms with Crippen molar-refractivity contribution in [3.05, 3.63) is 34.9 Å². The number of nitrogens with one attached hydrogen (secondary N) is 1. The Morgan fingerprint density at radius 2 is 2.06 bits per heavy atom. The molecule has 0 aliphatic rings. The Bertz CT molecular complexity index is 626. The van der Waals surface area contributed by atoms with Crippen LogP contribution in [0.25, 0.3) is 0 Å². The van der Waals surface area contributed by atoms with Gasteiger partial charge in [-0.3, -0.25) is 4.72 Å². The number of hydrogen-bond acceptors (Lipinski definition) is 5. The van der Waals surface area contributed by atoms with Crippen LogP contribution in [0.5, 0.6) is 0 Å². The van der Waals surface area contributed by atoms with Gasteiger partial charge in [0.05, 0.1) is 18.1 Å². The molecule has 0 aliphatic carbocycles. The van der Waals surface area contributed by atoms with Crippen molar-refractivity contribution in [2.75, 3.05) is 4.72 Å². The second-order valence-electron chi connectivity index (χ2n) is 2.91. The molecule has 17 heavy (non-hydrogen) atoms. The van der Waals surface area contributed by atoms with Crippen LogP contribution in [0.15, 0.2) is 28.7 Å². The minimum absolute atomic E-state index is 0.0215. The molecule has 0 aliphatic heterocycles. The average Bonchev–Trinajstić information content (AvgIpc) is 2.69. The monoisotopic (exact) mass is 293 g/mol. The van der Waals surface area contributed by atoms with E-state index >= 15 is 0 Å². The van der Waals surface area contributed by atoms with E-state index in [1.807, 2.05) is 0 Å². The molecule has 1 N–H and O–H groups in total. The lowest BCUT2D eigenvalue weighted by molar-refractivity contribution is 0.583. The molecular formula is C8H5ClFN3O2S2. The van der Waals surface area contributed by atoms with E-state index in [0.717, 1.165) is 29.8 Å². The number of nitrogens with zero attached hydrogens (tertiary/aromatic N) is 2. The Morgan fingerprint density at radius 1 is 1.29 bits per heavy atom. The number of pyridine rings is 1. The van der Waals surface area contributed by atoms with Crippen molar-refractivity contribution in [2.24, 2.45) is 0 Å². The van der Waals surface area contributed by atoms with Crippen LogP contribution in [0.4, 0.5) is 10.1 Å². The Balaban J connectivity index is 2.26. The quantitative estimate of drug-likeness (QED) is 0.880. The molecule has 5 nitrogen and oxygen atoms in total. The predicted octanol–water partition coefficient (Wildman–Crippen LogP) is 2.13. The normalized spacial score (nSPS) is 11.4. The molecule has 2 heterocycles. The van der Waals surface area contributed by atoms with Crippen LogP contribution in [0, 0.1) is 5.95 Å². The second kappa shape index (κ2) is 4.55. The lowest BCUT2D eigenvalue weighted by Gasteiger charge is -2.04. The molecule has 2 aromatic heterocycles. The van der Waals surface area contributed by atoms with Gasteiger partial charge < -0.3 is 0 Å². The first kappa shape index (κ1) is 12.2. The summed E-state index contributed by atoms with van der Waals surface area (Å²) in [4.78, 5) is 6.96. The first-order chi connectivity index (χ1) is 7.97. The number of sulfonamides is 1. The highest BCUT2D eigenvalue weighted by atomic mass is 35.5. The van der Waals surface area contributed by atoms with E-state index in [1.165, 1.54) is 6.07 Å². The largest absolute Gasteiger partial charge is 0.277 e. The first-order valence-electron chi connectivity index (χ1n) is 4.23. The third-order valence-electron chi connectivity index (χ3n) is 1.70. The van der Waals surface area contributed by atoms with E-state index in [-0.39, 0.29) is 14.4 Å². The fourth-order valence-corrected chi connectivity index (χ4v) is 3.34. The molecule has 2 rings (SSSR count). The lowest BCUT2D eigenvalue weighted by atomic mass is 10.4. The Morgan fingerprint density at radius 3 is 2.59 bits per heavy atom. The van der Waals surface area contributed by atoms with E-state index < -0.39 is 16.0 Å². The van der Waals surface area contributed by atoms with E-state index in [9.17, 15) is 12.8 Å². The van der Waals surface area contributed by atoms with Crippen molar-refractivity contribution < 1.29 is 12.8 Å². The van der Waals surface area contributed by atoms with E-state index in [4.69, 9.17) is 11.6 Å². The van der Waals surface area contributed by atoms with Crippen molar-refractivity contribution in [3.63, 3.8) is 0 Å². The third kappa shape index (κ3) is 2.90. The van der Waals surface area contributed by atoms with Crippen molar-refractivity contribution in [2.45, 2.75) is 4.21 Å². The molecule has 0 unspecified atom stereocenters. The van der Waals surface area contributed by atoms with Gasteiger partial charge in [0, 0.05) is 0 Å². The molecule has 0 radical (unpaired) electrons. The number of thiazole rings is 1. The van der Waals surface area contributed by atoms with Gasteiger partial charge in [0.15, 0.2) is 8.68 Å². The van der Waals surface area contributed by atoms with E-state index in [0.29, 0.717) is 0 Å². The van der Waals surface area contributed by atoms with Gasteiger partial charge in [-0.25, -0.2) is 18.4 Å². The van der Waals surface area contributed by atoms with Gasteiger partial charge in [0.2, 0.25) is 5.95 Å². The predicted molar refractivity (Wildman–Crippen MR) is 62.1 cm³/mol. The summed E-state index contributed by atoms with van der Waals surface area (Å²) in [5.74, 6) is -0.686. The standard InChI is InChI=1S/C8H5ClFN3O2S2/c9-8-12-4-7(16-8)17(14,15)13-5-1-2-6(10)11-3-5/h1-4,13H. The van der Waals surface area contributed by atoms with E-state index in [2.05, 4.69) is 14.7 Å². The summed E-state index contributed by atoms with van der Waals surface area (Å²) in [6.07, 6.45) is 2.22. The molecule has 0 atom stereocenters. The summed E-state index contributed by atoms with van der Waals surface area (Å²) in [7, 11) is -3.75. The van der Waals surface area contributed by atoms with Gasteiger partial charge in [-0.1, -0.05) is 22.9 Å². The SMILES string of the molecule is O=S(=O)(Nc1ccc(F)nc1)c1cnc(Cl)s1. The Kier molecular flexibility index (Phi) is 3.27. The van der Waals surface area contributed by atoms with Crippen LogP contribution in [-0.4, -0.2) is 18.4 Å². The molecule has 90 valence electrons. The highest BCUT2D eigenvalue weighted by Gasteiger charge is 2.17. The second-order valence-corrected chi connectivity index (χ2v) is 6.43. The van der Waals surface area contributed by atoms with Crippen LogP contribution < -0.4 is 4.72 Å². The molecule has 0 spiro atoms. The molecule has 0 aromatic carbocycles. The molecule has 0 saturated heterocycles. The summed E-state index contributed by atoms with van der Waals surface area (Å²) < 4.78 is 38.4. The number of aromatic nitrogens is 2. The molecule has 0 saturated carbocycles. The van der Waals surface area contributed by atoms with Crippen LogP contribution in [-0.2, 0) is 10.0 Å². The van der Waals surface area contributed by atoms with Gasteiger partial charge in [-0.15, -0.1) is 0 Å². The maximum atomic E-state index is 12.5. The minimum atomic E-state index is -3.75. The summed E-state index contributed by atoms with van der Waals surface area (Å²) >= 11 is 6.37. The number of anilines is 1. The Labute approximate surface area is 105 Å². The lowest BCUT2D eigenvalue weighted by Crippen LogP contribution is -2.11. The van der Waals surface area contributed by atoms with Gasteiger partial charge in [0.25, 0.3) is 10.0 Å².